The number of amides is 1. The zero-order chi connectivity index (χ0) is 21.3. The Morgan fingerprint density at radius 2 is 1.90 bits per heavy atom. The van der Waals surface area contributed by atoms with Gasteiger partial charge in [-0.05, 0) is 76.4 Å². The number of carbonyl (C=O) groups is 1. The van der Waals surface area contributed by atoms with Crippen molar-refractivity contribution in [2.45, 2.75) is 19.4 Å². The molecule has 30 heavy (non-hydrogen) atoms. The average Bonchev–Trinajstić information content (AvgIpc) is 3.16. The zero-order valence-electron chi connectivity index (χ0n) is 16.1. The van der Waals surface area contributed by atoms with Crippen molar-refractivity contribution >= 4 is 48.7 Å². The monoisotopic (exact) mass is 529 g/mol. The first kappa shape index (κ1) is 20.8. The molecule has 0 bridgehead atoms. The topological polar surface area (TPSA) is 46.9 Å². The summed E-state index contributed by atoms with van der Waals surface area (Å²) in [5.74, 6) is -0.447. The number of hydrogen-bond acceptors (Lipinski definition) is 2. The Morgan fingerprint density at radius 3 is 2.57 bits per heavy atom. The second-order valence-corrected chi connectivity index (χ2v) is 8.63. The fraction of sp³-hybridized carbons (Fsp3) is 0.130. The quantitative estimate of drug-likeness (QED) is 0.296. The third kappa shape index (κ3) is 4.18. The minimum absolute atomic E-state index is 0.147. The van der Waals surface area contributed by atoms with E-state index in [0.717, 1.165) is 37.7 Å². The molecule has 0 unspecified atom stereocenters. The number of rotatable bonds is 5. The maximum atomic E-state index is 13.3. The van der Waals surface area contributed by atoms with E-state index in [9.17, 15) is 9.18 Å². The second kappa shape index (κ2) is 8.70. The first-order valence-corrected chi connectivity index (χ1v) is 11.0. The van der Waals surface area contributed by atoms with Crippen LogP contribution in [0.2, 0.25) is 0 Å². The molecule has 2 aromatic carbocycles. The van der Waals surface area contributed by atoms with Crippen molar-refractivity contribution in [2.75, 3.05) is 0 Å². The van der Waals surface area contributed by atoms with Gasteiger partial charge in [0.1, 0.15) is 10.4 Å². The first-order valence-electron chi connectivity index (χ1n) is 9.45. The maximum absolute atomic E-state index is 13.3. The van der Waals surface area contributed by atoms with Crippen molar-refractivity contribution in [1.82, 2.24) is 14.9 Å². The highest BCUT2D eigenvalue weighted by Gasteiger charge is 2.19. The van der Waals surface area contributed by atoms with E-state index in [1.54, 1.807) is 18.3 Å². The molecule has 4 rings (SSSR count). The van der Waals surface area contributed by atoms with Crippen LogP contribution in [0.1, 0.15) is 35.3 Å². The molecule has 0 fully saturated rings. The SMILES string of the molecule is CC[C@H](NC(=O)c1cc(Br)cc2c1ccn2-c1ccc(F)cc1)c1ccc(Br)nc1. The van der Waals surface area contributed by atoms with Crippen molar-refractivity contribution in [3.05, 3.63) is 93.0 Å². The first-order chi connectivity index (χ1) is 14.5. The Labute approximate surface area is 190 Å². The van der Waals surface area contributed by atoms with E-state index in [1.165, 1.54) is 12.1 Å². The van der Waals surface area contributed by atoms with Gasteiger partial charge in [-0.3, -0.25) is 4.79 Å². The van der Waals surface area contributed by atoms with Crippen molar-refractivity contribution in [2.24, 2.45) is 0 Å². The number of hydrogen-bond donors (Lipinski definition) is 1. The highest BCUT2D eigenvalue weighted by atomic mass is 79.9. The van der Waals surface area contributed by atoms with Crippen molar-refractivity contribution in [1.29, 1.82) is 0 Å². The van der Waals surface area contributed by atoms with E-state index in [0.29, 0.717) is 5.56 Å². The summed E-state index contributed by atoms with van der Waals surface area (Å²) in [5, 5.41) is 3.94. The number of fused-ring (bicyclic) bond motifs is 1. The average molecular weight is 531 g/mol. The summed E-state index contributed by atoms with van der Waals surface area (Å²) >= 11 is 6.86. The van der Waals surface area contributed by atoms with Gasteiger partial charge in [0.15, 0.2) is 0 Å². The molecular weight excluding hydrogens is 513 g/mol. The summed E-state index contributed by atoms with van der Waals surface area (Å²) in [5.41, 5.74) is 3.20. The van der Waals surface area contributed by atoms with Gasteiger partial charge in [0.05, 0.1) is 11.6 Å². The summed E-state index contributed by atoms with van der Waals surface area (Å²) < 4.78 is 16.8. The zero-order valence-corrected chi connectivity index (χ0v) is 19.2. The minimum Gasteiger partial charge on any atom is -0.345 e. The van der Waals surface area contributed by atoms with Gasteiger partial charge in [0, 0.05) is 33.5 Å². The van der Waals surface area contributed by atoms with Crippen LogP contribution >= 0.6 is 31.9 Å². The number of benzene rings is 2. The standard InChI is InChI=1S/C23H18Br2FN3O/c1-2-20(14-3-8-22(25)27-13-14)28-23(30)19-11-15(24)12-21-18(19)9-10-29(21)17-6-4-16(26)5-7-17/h3-13,20H,2H2,1H3,(H,28,30)/t20-/m0/s1. The molecule has 0 radical (unpaired) electrons. The van der Waals surface area contributed by atoms with E-state index in [-0.39, 0.29) is 17.8 Å². The summed E-state index contributed by atoms with van der Waals surface area (Å²) in [6.07, 6.45) is 4.39. The van der Waals surface area contributed by atoms with E-state index in [2.05, 4.69) is 42.2 Å². The largest absolute Gasteiger partial charge is 0.345 e. The summed E-state index contributed by atoms with van der Waals surface area (Å²) in [6.45, 7) is 2.02. The molecule has 2 aromatic heterocycles. The van der Waals surface area contributed by atoms with Crippen LogP contribution in [-0.2, 0) is 0 Å². The van der Waals surface area contributed by atoms with Crippen LogP contribution in [0.3, 0.4) is 0 Å². The van der Waals surface area contributed by atoms with Crippen LogP contribution in [0.5, 0.6) is 0 Å². The molecule has 0 aliphatic carbocycles. The fourth-order valence-electron chi connectivity index (χ4n) is 3.47. The maximum Gasteiger partial charge on any atom is 0.252 e. The Hall–Kier alpha value is -2.51. The van der Waals surface area contributed by atoms with Gasteiger partial charge in [-0.15, -0.1) is 0 Å². The predicted molar refractivity (Wildman–Crippen MR) is 123 cm³/mol. The lowest BCUT2D eigenvalue weighted by molar-refractivity contribution is 0.0937. The van der Waals surface area contributed by atoms with Gasteiger partial charge in [0.2, 0.25) is 0 Å². The number of carbonyl (C=O) groups excluding carboxylic acids is 1. The van der Waals surface area contributed by atoms with E-state index >= 15 is 0 Å². The van der Waals surface area contributed by atoms with Crippen LogP contribution in [0.4, 0.5) is 4.39 Å². The van der Waals surface area contributed by atoms with Crippen LogP contribution in [-0.4, -0.2) is 15.5 Å². The normalized spacial score (nSPS) is 12.1. The van der Waals surface area contributed by atoms with Gasteiger partial charge in [-0.1, -0.05) is 28.9 Å². The lowest BCUT2D eigenvalue weighted by Crippen LogP contribution is -2.28. The molecule has 7 heteroatoms. The molecule has 0 saturated carbocycles. The lowest BCUT2D eigenvalue weighted by atomic mass is 10.0. The minimum atomic E-state index is -0.288. The molecule has 1 amide bonds. The van der Waals surface area contributed by atoms with Crippen LogP contribution in [0.25, 0.3) is 16.6 Å². The van der Waals surface area contributed by atoms with Crippen molar-refractivity contribution in [3.8, 4) is 5.69 Å². The second-order valence-electron chi connectivity index (χ2n) is 6.90. The molecule has 0 saturated heterocycles. The number of halogens is 3. The summed E-state index contributed by atoms with van der Waals surface area (Å²) in [4.78, 5) is 17.5. The van der Waals surface area contributed by atoms with Crippen LogP contribution < -0.4 is 5.32 Å². The van der Waals surface area contributed by atoms with Gasteiger partial charge < -0.3 is 9.88 Å². The van der Waals surface area contributed by atoms with Gasteiger partial charge in [-0.2, -0.15) is 0 Å². The molecule has 0 spiro atoms. The smallest absolute Gasteiger partial charge is 0.252 e. The molecule has 152 valence electrons. The van der Waals surface area contributed by atoms with Gasteiger partial charge in [-0.25, -0.2) is 9.37 Å². The van der Waals surface area contributed by atoms with Gasteiger partial charge >= 0.3 is 0 Å². The van der Waals surface area contributed by atoms with Crippen molar-refractivity contribution in [3.63, 3.8) is 0 Å². The van der Waals surface area contributed by atoms with Crippen molar-refractivity contribution < 1.29 is 9.18 Å². The highest BCUT2D eigenvalue weighted by Crippen LogP contribution is 2.29. The Morgan fingerprint density at radius 1 is 1.13 bits per heavy atom. The molecule has 4 nitrogen and oxygen atoms in total. The van der Waals surface area contributed by atoms with E-state index in [4.69, 9.17) is 0 Å². The molecule has 0 aliphatic heterocycles. The van der Waals surface area contributed by atoms with E-state index < -0.39 is 0 Å². The third-order valence-electron chi connectivity index (χ3n) is 4.99. The molecule has 0 aliphatic rings. The highest BCUT2D eigenvalue weighted by molar-refractivity contribution is 9.10. The number of nitrogens with zero attached hydrogens (tertiary/aromatic N) is 2. The van der Waals surface area contributed by atoms with Crippen LogP contribution in [0.15, 0.2) is 76.1 Å². The fourth-order valence-corrected chi connectivity index (χ4v) is 4.15. The molecule has 2 heterocycles. The summed E-state index contributed by atoms with van der Waals surface area (Å²) in [7, 11) is 0. The summed E-state index contributed by atoms with van der Waals surface area (Å²) in [6, 6.07) is 15.6. The van der Waals surface area contributed by atoms with Crippen LogP contribution in [0, 0.1) is 5.82 Å². The van der Waals surface area contributed by atoms with Gasteiger partial charge in [0.25, 0.3) is 5.91 Å². The lowest BCUT2D eigenvalue weighted by Gasteiger charge is -2.18. The number of pyridine rings is 1. The Bertz CT molecular complexity index is 1200. The Kier molecular flexibility index (Phi) is 6.01. The number of aromatic nitrogens is 2. The molecule has 4 aromatic rings. The predicted octanol–water partition coefficient (Wildman–Crippen LogP) is 6.57. The molecular formula is C23H18Br2FN3O. The third-order valence-corrected chi connectivity index (χ3v) is 5.92. The number of nitrogens with one attached hydrogen (secondary N) is 1. The molecule has 1 N–H and O–H groups in total. The Balaban J connectivity index is 1.70. The van der Waals surface area contributed by atoms with E-state index in [1.807, 2.05) is 48.0 Å². The molecule has 1 atom stereocenters.